The van der Waals surface area contributed by atoms with Crippen molar-refractivity contribution in [1.29, 1.82) is 0 Å². The van der Waals surface area contributed by atoms with E-state index in [0.717, 1.165) is 6.42 Å². The van der Waals surface area contributed by atoms with Gasteiger partial charge in [-0.15, -0.1) is 0 Å². The number of aliphatic hydroxyl groups is 1. The standard InChI is InChI=1S/C13H23NO2/c1-2-13(16)9-14(10-13)12(15)8-11-6-4-3-5-7-11/h11,16H,2-10H2,1H3. The molecule has 3 nitrogen and oxygen atoms in total. The largest absolute Gasteiger partial charge is 0.386 e. The van der Waals surface area contributed by atoms with Crippen molar-refractivity contribution in [3.8, 4) is 0 Å². The van der Waals surface area contributed by atoms with Gasteiger partial charge in [-0.25, -0.2) is 0 Å². The molecule has 0 bridgehead atoms. The topological polar surface area (TPSA) is 40.5 Å². The van der Waals surface area contributed by atoms with Gasteiger partial charge in [-0.2, -0.15) is 0 Å². The summed E-state index contributed by atoms with van der Waals surface area (Å²) in [6.07, 6.45) is 7.81. The van der Waals surface area contributed by atoms with Crippen LogP contribution in [0.25, 0.3) is 0 Å². The van der Waals surface area contributed by atoms with Crippen molar-refractivity contribution in [1.82, 2.24) is 4.90 Å². The Kier molecular flexibility index (Phi) is 3.53. The van der Waals surface area contributed by atoms with Gasteiger partial charge in [0.05, 0.1) is 18.7 Å². The molecular formula is C13H23NO2. The minimum absolute atomic E-state index is 0.255. The van der Waals surface area contributed by atoms with Gasteiger partial charge in [-0.3, -0.25) is 4.79 Å². The summed E-state index contributed by atoms with van der Waals surface area (Å²) in [6.45, 7) is 3.08. The molecule has 1 aliphatic carbocycles. The predicted molar refractivity (Wildman–Crippen MR) is 63.0 cm³/mol. The Morgan fingerprint density at radius 1 is 1.31 bits per heavy atom. The third-order valence-electron chi connectivity index (χ3n) is 4.17. The molecule has 0 spiro atoms. The predicted octanol–water partition coefficient (Wildman–Crippen LogP) is 1.94. The fraction of sp³-hybridized carbons (Fsp3) is 0.923. The summed E-state index contributed by atoms with van der Waals surface area (Å²) in [4.78, 5) is 13.7. The average molecular weight is 225 g/mol. The van der Waals surface area contributed by atoms with Crippen LogP contribution in [0.3, 0.4) is 0 Å². The first-order valence-electron chi connectivity index (χ1n) is 6.63. The fourth-order valence-electron chi connectivity index (χ4n) is 2.83. The molecule has 0 unspecified atom stereocenters. The summed E-state index contributed by atoms with van der Waals surface area (Å²) in [5.74, 6) is 0.863. The monoisotopic (exact) mass is 225 g/mol. The number of hydrogen-bond donors (Lipinski definition) is 1. The molecule has 1 aliphatic heterocycles. The van der Waals surface area contributed by atoms with Crippen LogP contribution in [0.1, 0.15) is 51.9 Å². The molecular weight excluding hydrogens is 202 g/mol. The zero-order valence-electron chi connectivity index (χ0n) is 10.2. The maximum atomic E-state index is 11.9. The van der Waals surface area contributed by atoms with E-state index in [4.69, 9.17) is 0 Å². The third-order valence-corrected chi connectivity index (χ3v) is 4.17. The number of amides is 1. The number of nitrogens with zero attached hydrogens (tertiary/aromatic N) is 1. The Hall–Kier alpha value is -0.570. The number of β-amino-alcohol motifs (C(OH)–C–C–N with tert-alkyl or cyclic N) is 1. The minimum atomic E-state index is -0.581. The molecule has 0 aromatic rings. The molecule has 16 heavy (non-hydrogen) atoms. The second-order valence-electron chi connectivity index (χ2n) is 5.54. The summed E-state index contributed by atoms with van der Waals surface area (Å²) in [7, 11) is 0. The molecule has 0 radical (unpaired) electrons. The Labute approximate surface area is 97.8 Å². The number of rotatable bonds is 3. The van der Waals surface area contributed by atoms with E-state index in [1.807, 2.05) is 11.8 Å². The molecule has 1 saturated carbocycles. The summed E-state index contributed by atoms with van der Waals surface area (Å²) in [5.41, 5.74) is -0.581. The van der Waals surface area contributed by atoms with Gasteiger partial charge in [0, 0.05) is 6.42 Å². The zero-order valence-corrected chi connectivity index (χ0v) is 10.2. The highest BCUT2D eigenvalue weighted by atomic mass is 16.3. The quantitative estimate of drug-likeness (QED) is 0.797. The fourth-order valence-corrected chi connectivity index (χ4v) is 2.83. The van der Waals surface area contributed by atoms with E-state index < -0.39 is 5.60 Å². The normalized spacial score (nSPS) is 25.2. The van der Waals surface area contributed by atoms with Gasteiger partial charge >= 0.3 is 0 Å². The van der Waals surface area contributed by atoms with Crippen molar-refractivity contribution < 1.29 is 9.90 Å². The van der Waals surface area contributed by atoms with Crippen molar-refractivity contribution in [3.63, 3.8) is 0 Å². The molecule has 3 heteroatoms. The van der Waals surface area contributed by atoms with Crippen molar-refractivity contribution in [2.24, 2.45) is 5.92 Å². The first kappa shape index (κ1) is 11.9. The van der Waals surface area contributed by atoms with Crippen LogP contribution < -0.4 is 0 Å². The molecule has 2 rings (SSSR count). The van der Waals surface area contributed by atoms with Crippen LogP contribution in [0.2, 0.25) is 0 Å². The lowest BCUT2D eigenvalue weighted by Crippen LogP contribution is -2.63. The lowest BCUT2D eigenvalue weighted by Gasteiger charge is -2.46. The number of hydrogen-bond acceptors (Lipinski definition) is 2. The highest BCUT2D eigenvalue weighted by Crippen LogP contribution is 2.30. The van der Waals surface area contributed by atoms with Gasteiger partial charge < -0.3 is 10.0 Å². The lowest BCUT2D eigenvalue weighted by molar-refractivity contribution is -0.156. The first-order valence-corrected chi connectivity index (χ1v) is 6.63. The van der Waals surface area contributed by atoms with Crippen molar-refractivity contribution >= 4 is 5.91 Å². The van der Waals surface area contributed by atoms with Crippen LogP contribution in [-0.2, 0) is 4.79 Å². The maximum absolute atomic E-state index is 11.9. The van der Waals surface area contributed by atoms with Crippen LogP contribution >= 0.6 is 0 Å². The van der Waals surface area contributed by atoms with Crippen LogP contribution in [0.4, 0.5) is 0 Å². The average Bonchev–Trinajstić information content (AvgIpc) is 2.26. The van der Waals surface area contributed by atoms with Gasteiger partial charge in [0.1, 0.15) is 0 Å². The highest BCUT2D eigenvalue weighted by molar-refractivity contribution is 5.77. The second-order valence-corrected chi connectivity index (χ2v) is 5.54. The molecule has 92 valence electrons. The lowest BCUT2D eigenvalue weighted by atomic mass is 9.85. The van der Waals surface area contributed by atoms with Gasteiger partial charge in [0.2, 0.25) is 5.91 Å². The summed E-state index contributed by atoms with van der Waals surface area (Å²) < 4.78 is 0. The van der Waals surface area contributed by atoms with E-state index in [2.05, 4.69) is 0 Å². The minimum Gasteiger partial charge on any atom is -0.386 e. The molecule has 0 aromatic heterocycles. The van der Waals surface area contributed by atoms with Crippen molar-refractivity contribution in [3.05, 3.63) is 0 Å². The van der Waals surface area contributed by atoms with Crippen LogP contribution in [0.15, 0.2) is 0 Å². The second kappa shape index (κ2) is 4.74. The highest BCUT2D eigenvalue weighted by Gasteiger charge is 2.42. The van der Waals surface area contributed by atoms with E-state index >= 15 is 0 Å². The molecule has 0 aromatic carbocycles. The summed E-state index contributed by atoms with van der Waals surface area (Å²) in [6, 6.07) is 0. The Balaban J connectivity index is 1.73. The molecule has 0 atom stereocenters. The van der Waals surface area contributed by atoms with Gasteiger partial charge in [-0.05, 0) is 25.2 Å². The molecule has 1 saturated heterocycles. The molecule has 1 N–H and O–H groups in total. The smallest absolute Gasteiger partial charge is 0.223 e. The SMILES string of the molecule is CCC1(O)CN(C(=O)CC2CCCCC2)C1. The van der Waals surface area contributed by atoms with Gasteiger partial charge in [0.25, 0.3) is 0 Å². The number of likely N-dealkylation sites (tertiary alicyclic amines) is 1. The van der Waals surface area contributed by atoms with Crippen LogP contribution in [-0.4, -0.2) is 34.6 Å². The molecule has 2 fully saturated rings. The zero-order chi connectivity index (χ0) is 11.6. The maximum Gasteiger partial charge on any atom is 0.223 e. The van der Waals surface area contributed by atoms with Crippen LogP contribution in [0.5, 0.6) is 0 Å². The van der Waals surface area contributed by atoms with E-state index in [-0.39, 0.29) is 5.91 Å². The van der Waals surface area contributed by atoms with Crippen LogP contribution in [0, 0.1) is 5.92 Å². The van der Waals surface area contributed by atoms with E-state index in [1.54, 1.807) is 0 Å². The summed E-state index contributed by atoms with van der Waals surface area (Å²) in [5, 5.41) is 9.85. The Morgan fingerprint density at radius 2 is 1.94 bits per heavy atom. The number of carbonyl (C=O) groups is 1. The van der Waals surface area contributed by atoms with Gasteiger partial charge in [0.15, 0.2) is 0 Å². The van der Waals surface area contributed by atoms with E-state index in [1.165, 1.54) is 32.1 Å². The molecule has 1 heterocycles. The Morgan fingerprint density at radius 3 is 2.50 bits per heavy atom. The third kappa shape index (κ3) is 2.57. The number of carbonyl (C=O) groups excluding carboxylic acids is 1. The first-order chi connectivity index (χ1) is 7.63. The van der Waals surface area contributed by atoms with E-state index in [9.17, 15) is 9.90 Å². The molecule has 2 aliphatic rings. The van der Waals surface area contributed by atoms with Gasteiger partial charge in [-0.1, -0.05) is 26.2 Å². The van der Waals surface area contributed by atoms with E-state index in [0.29, 0.717) is 25.4 Å². The summed E-state index contributed by atoms with van der Waals surface area (Å²) >= 11 is 0. The Bertz CT molecular complexity index is 253. The van der Waals surface area contributed by atoms with Crippen molar-refractivity contribution in [2.75, 3.05) is 13.1 Å². The molecule has 1 amide bonds. The van der Waals surface area contributed by atoms with Crippen molar-refractivity contribution in [2.45, 2.75) is 57.5 Å².